The van der Waals surface area contributed by atoms with Gasteiger partial charge in [0.1, 0.15) is 5.75 Å². The summed E-state index contributed by atoms with van der Waals surface area (Å²) in [6, 6.07) is 7.73. The summed E-state index contributed by atoms with van der Waals surface area (Å²) in [7, 11) is 1.64. The van der Waals surface area contributed by atoms with Crippen molar-refractivity contribution in [2.45, 2.75) is 33.6 Å². The number of hydrogen-bond acceptors (Lipinski definition) is 3. The molecule has 0 amide bonds. The summed E-state index contributed by atoms with van der Waals surface area (Å²) in [4.78, 5) is 11.7. The first kappa shape index (κ1) is 17.0. The maximum Gasteiger partial charge on any atom is 0.331 e. The van der Waals surface area contributed by atoms with Crippen LogP contribution in [0.15, 0.2) is 42.0 Å². The Morgan fingerprint density at radius 1 is 1.19 bits per heavy atom. The van der Waals surface area contributed by atoms with Crippen LogP contribution in [0, 0.1) is 0 Å². The molecule has 1 aromatic carbocycles. The molecule has 0 aliphatic carbocycles. The number of esters is 1. The fourth-order valence-corrected chi connectivity index (χ4v) is 1.95. The lowest BCUT2D eigenvalue weighted by Crippen LogP contribution is -2.01. The Labute approximate surface area is 127 Å². The summed E-state index contributed by atoms with van der Waals surface area (Å²) in [5, 5.41) is 0. The average Bonchev–Trinajstić information content (AvgIpc) is 2.46. The van der Waals surface area contributed by atoms with Gasteiger partial charge >= 0.3 is 5.97 Å². The summed E-state index contributed by atoms with van der Waals surface area (Å²) in [6.45, 7) is 6.34. The van der Waals surface area contributed by atoms with Crippen molar-refractivity contribution in [2.75, 3.05) is 13.7 Å². The van der Waals surface area contributed by atoms with E-state index < -0.39 is 0 Å². The molecule has 0 bridgehead atoms. The van der Waals surface area contributed by atoms with Gasteiger partial charge in [-0.05, 0) is 56.9 Å². The molecule has 0 aromatic heterocycles. The maximum absolute atomic E-state index is 11.7. The van der Waals surface area contributed by atoms with Crippen LogP contribution in [-0.2, 0) is 9.53 Å². The third-order valence-electron chi connectivity index (χ3n) is 3.01. The molecule has 0 N–H and O–H groups in total. The molecule has 0 heterocycles. The predicted molar refractivity (Wildman–Crippen MR) is 86.3 cm³/mol. The maximum atomic E-state index is 11.7. The standard InChI is InChI=1S/C18H24O3/c1-5-21-18(19)13-16(8-6-7-14(2)3)15-9-11-17(20-4)12-10-15/h7,9-13H,5-6,8H2,1-4H3/b16-13-. The first-order chi connectivity index (χ1) is 10.1. The number of carbonyl (C=O) groups excluding carboxylic acids is 1. The molecule has 0 radical (unpaired) electrons. The van der Waals surface area contributed by atoms with E-state index in [1.807, 2.05) is 31.2 Å². The van der Waals surface area contributed by atoms with Crippen molar-refractivity contribution < 1.29 is 14.3 Å². The molecule has 0 saturated carbocycles. The van der Waals surface area contributed by atoms with E-state index in [2.05, 4.69) is 19.9 Å². The molecule has 0 spiro atoms. The number of benzene rings is 1. The third kappa shape index (κ3) is 6.30. The van der Waals surface area contributed by atoms with E-state index in [-0.39, 0.29) is 5.97 Å². The summed E-state index contributed by atoms with van der Waals surface area (Å²) < 4.78 is 10.2. The second kappa shape index (κ2) is 9.01. The molecule has 0 saturated heterocycles. The highest BCUT2D eigenvalue weighted by molar-refractivity contribution is 5.91. The van der Waals surface area contributed by atoms with Gasteiger partial charge in [-0.15, -0.1) is 0 Å². The van der Waals surface area contributed by atoms with E-state index in [1.54, 1.807) is 13.2 Å². The number of methoxy groups -OCH3 is 1. The Balaban J connectivity index is 2.93. The van der Waals surface area contributed by atoms with Crippen molar-refractivity contribution in [1.82, 2.24) is 0 Å². The van der Waals surface area contributed by atoms with Crippen LogP contribution in [0.25, 0.3) is 5.57 Å². The molecular weight excluding hydrogens is 264 g/mol. The normalized spacial score (nSPS) is 11.0. The van der Waals surface area contributed by atoms with Crippen molar-refractivity contribution in [2.24, 2.45) is 0 Å². The Bertz CT molecular complexity index is 506. The highest BCUT2D eigenvalue weighted by Gasteiger charge is 2.06. The van der Waals surface area contributed by atoms with Gasteiger partial charge in [0.2, 0.25) is 0 Å². The highest BCUT2D eigenvalue weighted by Crippen LogP contribution is 2.23. The molecule has 21 heavy (non-hydrogen) atoms. The largest absolute Gasteiger partial charge is 0.497 e. The van der Waals surface area contributed by atoms with Gasteiger partial charge in [0.15, 0.2) is 0 Å². The van der Waals surface area contributed by atoms with Gasteiger partial charge in [-0.2, -0.15) is 0 Å². The minimum Gasteiger partial charge on any atom is -0.497 e. The summed E-state index contributed by atoms with van der Waals surface area (Å²) in [5.41, 5.74) is 3.28. The fraction of sp³-hybridized carbons (Fsp3) is 0.389. The lowest BCUT2D eigenvalue weighted by molar-refractivity contribution is -0.137. The van der Waals surface area contributed by atoms with E-state index in [4.69, 9.17) is 9.47 Å². The number of hydrogen-bond donors (Lipinski definition) is 0. The molecule has 0 aliphatic heterocycles. The van der Waals surface area contributed by atoms with E-state index in [9.17, 15) is 4.79 Å². The minimum absolute atomic E-state index is 0.291. The van der Waals surface area contributed by atoms with Crippen molar-refractivity contribution in [3.05, 3.63) is 47.6 Å². The van der Waals surface area contributed by atoms with E-state index in [0.29, 0.717) is 6.61 Å². The van der Waals surface area contributed by atoms with Gasteiger partial charge in [-0.25, -0.2) is 4.79 Å². The van der Waals surface area contributed by atoms with Crippen LogP contribution in [-0.4, -0.2) is 19.7 Å². The molecule has 0 aliphatic rings. The van der Waals surface area contributed by atoms with Crippen molar-refractivity contribution in [3.8, 4) is 5.75 Å². The number of allylic oxidation sites excluding steroid dienone is 3. The fourth-order valence-electron chi connectivity index (χ4n) is 1.95. The summed E-state index contributed by atoms with van der Waals surface area (Å²) in [6.07, 6.45) is 5.46. The van der Waals surface area contributed by atoms with Crippen LogP contribution in [0.2, 0.25) is 0 Å². The number of ether oxygens (including phenoxy) is 2. The smallest absolute Gasteiger partial charge is 0.331 e. The first-order valence-corrected chi connectivity index (χ1v) is 7.22. The molecule has 0 fully saturated rings. The molecule has 114 valence electrons. The van der Waals surface area contributed by atoms with Crippen LogP contribution in [0.3, 0.4) is 0 Å². The van der Waals surface area contributed by atoms with Crippen LogP contribution >= 0.6 is 0 Å². The van der Waals surface area contributed by atoms with Crippen LogP contribution < -0.4 is 4.74 Å². The van der Waals surface area contributed by atoms with E-state index in [1.165, 1.54) is 5.57 Å². The van der Waals surface area contributed by atoms with Gasteiger partial charge in [0, 0.05) is 6.08 Å². The van der Waals surface area contributed by atoms with Crippen LogP contribution in [0.4, 0.5) is 0 Å². The third-order valence-corrected chi connectivity index (χ3v) is 3.01. The summed E-state index contributed by atoms with van der Waals surface area (Å²) >= 11 is 0. The van der Waals surface area contributed by atoms with Gasteiger partial charge in [0.25, 0.3) is 0 Å². The summed E-state index contributed by atoms with van der Waals surface area (Å²) in [5.74, 6) is 0.513. The van der Waals surface area contributed by atoms with Crippen LogP contribution in [0.1, 0.15) is 39.2 Å². The van der Waals surface area contributed by atoms with E-state index >= 15 is 0 Å². The molecule has 3 nitrogen and oxygen atoms in total. The van der Waals surface area contributed by atoms with E-state index in [0.717, 1.165) is 29.7 Å². The molecule has 1 aromatic rings. The topological polar surface area (TPSA) is 35.5 Å². The van der Waals surface area contributed by atoms with Gasteiger partial charge in [0.05, 0.1) is 13.7 Å². The van der Waals surface area contributed by atoms with Gasteiger partial charge in [-0.1, -0.05) is 23.8 Å². The van der Waals surface area contributed by atoms with Crippen molar-refractivity contribution >= 4 is 11.5 Å². The Hall–Kier alpha value is -2.03. The quantitative estimate of drug-likeness (QED) is 0.424. The molecule has 0 atom stereocenters. The zero-order chi connectivity index (χ0) is 15.7. The predicted octanol–water partition coefficient (Wildman–Crippen LogP) is 4.39. The Morgan fingerprint density at radius 2 is 1.86 bits per heavy atom. The molecule has 3 heteroatoms. The lowest BCUT2D eigenvalue weighted by atomic mass is 10.00. The molecule has 1 rings (SSSR count). The monoisotopic (exact) mass is 288 g/mol. The minimum atomic E-state index is -0.291. The van der Waals surface area contributed by atoms with Crippen LogP contribution in [0.5, 0.6) is 5.75 Å². The molecule has 0 unspecified atom stereocenters. The number of carbonyl (C=O) groups is 1. The highest BCUT2D eigenvalue weighted by atomic mass is 16.5. The second-order valence-corrected chi connectivity index (χ2v) is 4.97. The first-order valence-electron chi connectivity index (χ1n) is 7.22. The molecular formula is C18H24O3. The van der Waals surface area contributed by atoms with Gasteiger partial charge in [-0.3, -0.25) is 0 Å². The lowest BCUT2D eigenvalue weighted by Gasteiger charge is -2.08. The zero-order valence-electron chi connectivity index (χ0n) is 13.3. The van der Waals surface area contributed by atoms with Crippen molar-refractivity contribution in [1.29, 1.82) is 0 Å². The SMILES string of the molecule is CCOC(=O)/C=C(/CCC=C(C)C)c1ccc(OC)cc1. The zero-order valence-corrected chi connectivity index (χ0v) is 13.3. The number of rotatable bonds is 7. The Morgan fingerprint density at radius 3 is 2.38 bits per heavy atom. The van der Waals surface area contributed by atoms with Crippen molar-refractivity contribution in [3.63, 3.8) is 0 Å². The Kier molecular flexibility index (Phi) is 7.30. The van der Waals surface area contributed by atoms with Gasteiger partial charge < -0.3 is 9.47 Å². The average molecular weight is 288 g/mol. The second-order valence-electron chi connectivity index (χ2n) is 4.97.